The number of hydrogen-bond donors (Lipinski definition) is 1. The molecule has 0 spiro atoms. The van der Waals surface area contributed by atoms with E-state index in [-0.39, 0.29) is 18.5 Å². The van der Waals surface area contributed by atoms with Crippen LogP contribution in [0.4, 0.5) is 0 Å². The third-order valence-electron chi connectivity index (χ3n) is 3.11. The van der Waals surface area contributed by atoms with Crippen LogP contribution in [0.1, 0.15) is 30.6 Å². The molecule has 0 aromatic heterocycles. The van der Waals surface area contributed by atoms with Gasteiger partial charge in [0.15, 0.2) is 5.78 Å². The van der Waals surface area contributed by atoms with Crippen LogP contribution >= 0.6 is 0 Å². The van der Waals surface area contributed by atoms with Gasteiger partial charge in [-0.25, -0.2) is 0 Å². The third kappa shape index (κ3) is 1.83. The lowest BCUT2D eigenvalue weighted by Gasteiger charge is -2.35. The van der Waals surface area contributed by atoms with E-state index in [4.69, 9.17) is 4.74 Å². The second-order valence-electron chi connectivity index (χ2n) is 4.88. The molecule has 1 heterocycles. The minimum Gasteiger partial charge on any atom is -0.489 e. The first-order chi connectivity index (χ1) is 7.54. The molecule has 2 rings (SSSR count). The summed E-state index contributed by atoms with van der Waals surface area (Å²) in [5, 5.41) is 9.29. The number of hydrogen-bond acceptors (Lipinski definition) is 3. The van der Waals surface area contributed by atoms with Crippen molar-refractivity contribution in [3.05, 3.63) is 29.8 Å². The number of rotatable bonds is 2. The van der Waals surface area contributed by atoms with E-state index in [1.807, 2.05) is 26.0 Å². The van der Waals surface area contributed by atoms with E-state index >= 15 is 0 Å². The van der Waals surface area contributed by atoms with E-state index in [1.54, 1.807) is 12.1 Å². The fourth-order valence-corrected chi connectivity index (χ4v) is 1.81. The van der Waals surface area contributed by atoms with E-state index in [2.05, 4.69) is 0 Å². The molecule has 0 amide bonds. The van der Waals surface area contributed by atoms with Gasteiger partial charge in [0.1, 0.15) is 11.9 Å². The lowest BCUT2D eigenvalue weighted by molar-refractivity contribution is 0.0143. The molecule has 1 aliphatic heterocycles. The summed E-state index contributed by atoms with van der Waals surface area (Å²) in [7, 11) is 0. The van der Waals surface area contributed by atoms with Crippen molar-refractivity contribution in [1.82, 2.24) is 0 Å². The molecule has 0 aliphatic carbocycles. The molecule has 3 heteroatoms. The predicted octanol–water partition coefficient (Wildman–Crippen LogP) is 2.04. The standard InChI is InChI=1S/C13H16O3/c1-13(2,8-14)12-7-10(15)9-5-3-4-6-11(9)16-12/h3-6,12,14H,7-8H2,1-2H3. The van der Waals surface area contributed by atoms with Crippen molar-refractivity contribution in [2.24, 2.45) is 5.41 Å². The van der Waals surface area contributed by atoms with Crippen molar-refractivity contribution >= 4 is 5.78 Å². The number of carbonyl (C=O) groups excluding carboxylic acids is 1. The Kier molecular flexibility index (Phi) is 2.72. The lowest BCUT2D eigenvalue weighted by Crippen LogP contribution is -2.41. The predicted molar refractivity (Wildman–Crippen MR) is 60.7 cm³/mol. The van der Waals surface area contributed by atoms with Gasteiger partial charge in [-0.3, -0.25) is 4.79 Å². The number of benzene rings is 1. The summed E-state index contributed by atoms with van der Waals surface area (Å²) >= 11 is 0. The summed E-state index contributed by atoms with van der Waals surface area (Å²) in [5.74, 6) is 0.721. The SMILES string of the molecule is CC(C)(CO)C1CC(=O)c2ccccc2O1. The maximum atomic E-state index is 11.9. The highest BCUT2D eigenvalue weighted by molar-refractivity contribution is 5.99. The van der Waals surface area contributed by atoms with Crippen LogP contribution in [0, 0.1) is 5.41 Å². The molecule has 86 valence electrons. The zero-order valence-electron chi connectivity index (χ0n) is 9.56. The number of para-hydroxylation sites is 1. The van der Waals surface area contributed by atoms with E-state index in [0.717, 1.165) is 0 Å². The first-order valence-electron chi connectivity index (χ1n) is 5.44. The quantitative estimate of drug-likeness (QED) is 0.829. The summed E-state index contributed by atoms with van der Waals surface area (Å²) in [6.07, 6.45) is 0.0878. The van der Waals surface area contributed by atoms with E-state index in [9.17, 15) is 9.90 Å². The molecule has 1 aromatic rings. The molecular formula is C13H16O3. The Bertz CT molecular complexity index is 409. The summed E-state index contributed by atoms with van der Waals surface area (Å²) in [4.78, 5) is 11.9. The molecule has 0 radical (unpaired) electrons. The van der Waals surface area contributed by atoms with Gasteiger partial charge >= 0.3 is 0 Å². The molecule has 1 N–H and O–H groups in total. The number of aliphatic hydroxyl groups is 1. The topological polar surface area (TPSA) is 46.5 Å². The van der Waals surface area contributed by atoms with Gasteiger partial charge in [-0.1, -0.05) is 26.0 Å². The molecule has 1 aromatic carbocycles. The Balaban J connectivity index is 2.31. The van der Waals surface area contributed by atoms with Crippen molar-refractivity contribution < 1.29 is 14.6 Å². The Morgan fingerprint density at radius 3 is 2.81 bits per heavy atom. The number of carbonyl (C=O) groups is 1. The smallest absolute Gasteiger partial charge is 0.170 e. The van der Waals surface area contributed by atoms with Gasteiger partial charge in [-0.2, -0.15) is 0 Å². The van der Waals surface area contributed by atoms with Crippen LogP contribution in [0.2, 0.25) is 0 Å². The monoisotopic (exact) mass is 220 g/mol. The minimum absolute atomic E-state index is 0.00706. The summed E-state index contributed by atoms with van der Waals surface area (Å²) in [5.41, 5.74) is 0.246. The average Bonchev–Trinajstić information content (AvgIpc) is 2.29. The first kappa shape index (κ1) is 11.1. The van der Waals surface area contributed by atoms with Crippen molar-refractivity contribution in [1.29, 1.82) is 0 Å². The molecule has 0 saturated heterocycles. The highest BCUT2D eigenvalue weighted by atomic mass is 16.5. The summed E-state index contributed by atoms with van der Waals surface area (Å²) in [6, 6.07) is 7.25. The second-order valence-corrected chi connectivity index (χ2v) is 4.88. The molecule has 0 fully saturated rings. The fraction of sp³-hybridized carbons (Fsp3) is 0.462. The Labute approximate surface area is 95.0 Å². The molecule has 16 heavy (non-hydrogen) atoms. The molecule has 3 nitrogen and oxygen atoms in total. The van der Waals surface area contributed by atoms with Crippen LogP contribution in [-0.4, -0.2) is 23.6 Å². The van der Waals surface area contributed by atoms with E-state index in [1.165, 1.54) is 0 Å². The highest BCUT2D eigenvalue weighted by Gasteiger charge is 2.36. The highest BCUT2D eigenvalue weighted by Crippen LogP contribution is 2.34. The maximum absolute atomic E-state index is 11.9. The molecule has 0 bridgehead atoms. The van der Waals surface area contributed by atoms with Gasteiger partial charge in [0.25, 0.3) is 0 Å². The van der Waals surface area contributed by atoms with E-state index in [0.29, 0.717) is 17.7 Å². The molecular weight excluding hydrogens is 204 g/mol. The zero-order valence-corrected chi connectivity index (χ0v) is 9.56. The Morgan fingerprint density at radius 2 is 2.12 bits per heavy atom. The summed E-state index contributed by atoms with van der Waals surface area (Å²) < 4.78 is 5.78. The van der Waals surface area contributed by atoms with Crippen LogP contribution in [0.15, 0.2) is 24.3 Å². The lowest BCUT2D eigenvalue weighted by atomic mass is 9.82. The Hall–Kier alpha value is -1.35. The van der Waals surface area contributed by atoms with Crippen LogP contribution < -0.4 is 4.74 Å². The van der Waals surface area contributed by atoms with Gasteiger partial charge in [0.05, 0.1) is 12.2 Å². The zero-order chi connectivity index (χ0) is 11.8. The van der Waals surface area contributed by atoms with Crippen molar-refractivity contribution in [3.8, 4) is 5.75 Å². The number of Topliss-reactive ketones (excluding diaryl/α,β-unsaturated/α-hetero) is 1. The average molecular weight is 220 g/mol. The number of fused-ring (bicyclic) bond motifs is 1. The first-order valence-corrected chi connectivity index (χ1v) is 5.44. The van der Waals surface area contributed by atoms with Crippen molar-refractivity contribution in [2.45, 2.75) is 26.4 Å². The third-order valence-corrected chi connectivity index (χ3v) is 3.11. The van der Waals surface area contributed by atoms with E-state index < -0.39 is 5.41 Å². The van der Waals surface area contributed by atoms with Crippen molar-refractivity contribution in [3.63, 3.8) is 0 Å². The molecule has 1 unspecified atom stereocenters. The van der Waals surface area contributed by atoms with Crippen LogP contribution in [0.25, 0.3) is 0 Å². The largest absolute Gasteiger partial charge is 0.489 e. The van der Waals surface area contributed by atoms with Gasteiger partial charge in [-0.15, -0.1) is 0 Å². The number of ketones is 1. The normalized spacial score (nSPS) is 20.2. The Morgan fingerprint density at radius 1 is 1.44 bits per heavy atom. The minimum atomic E-state index is -0.400. The number of ether oxygens (including phenoxy) is 1. The number of aliphatic hydroxyl groups excluding tert-OH is 1. The van der Waals surface area contributed by atoms with Crippen LogP contribution in [0.5, 0.6) is 5.75 Å². The molecule has 1 atom stereocenters. The fourth-order valence-electron chi connectivity index (χ4n) is 1.81. The van der Waals surface area contributed by atoms with Gasteiger partial charge in [0.2, 0.25) is 0 Å². The van der Waals surface area contributed by atoms with Gasteiger partial charge in [-0.05, 0) is 12.1 Å². The van der Waals surface area contributed by atoms with Crippen LogP contribution in [0.3, 0.4) is 0 Å². The van der Waals surface area contributed by atoms with Gasteiger partial charge in [0, 0.05) is 11.8 Å². The van der Waals surface area contributed by atoms with Crippen LogP contribution in [-0.2, 0) is 0 Å². The van der Waals surface area contributed by atoms with Gasteiger partial charge < -0.3 is 9.84 Å². The maximum Gasteiger partial charge on any atom is 0.170 e. The molecule has 0 saturated carbocycles. The summed E-state index contributed by atoms with van der Waals surface area (Å²) in [6.45, 7) is 3.81. The molecule has 1 aliphatic rings. The van der Waals surface area contributed by atoms with Crippen molar-refractivity contribution in [2.75, 3.05) is 6.61 Å². The second kappa shape index (κ2) is 3.91.